The number of carbonyl (C=O) groups excluding carboxylic acids is 2. The van der Waals surface area contributed by atoms with Gasteiger partial charge in [-0.15, -0.1) is 11.3 Å². The number of rotatable bonds is 7. The molecule has 0 radical (unpaired) electrons. The number of ether oxygens (including phenoxy) is 1. The molecule has 140 valence electrons. The first-order chi connectivity index (χ1) is 12.3. The number of carbonyl (C=O) groups is 2. The fourth-order valence-corrected chi connectivity index (χ4v) is 3.46. The third kappa shape index (κ3) is 6.30. The molecule has 0 aliphatic heterocycles. The van der Waals surface area contributed by atoms with E-state index in [-0.39, 0.29) is 35.9 Å². The predicted molar refractivity (Wildman–Crippen MR) is 105 cm³/mol. The Labute approximate surface area is 159 Å². The summed E-state index contributed by atoms with van der Waals surface area (Å²) in [5.74, 6) is -0.458. The maximum absolute atomic E-state index is 12.6. The van der Waals surface area contributed by atoms with Gasteiger partial charge in [-0.3, -0.25) is 9.59 Å². The lowest BCUT2D eigenvalue weighted by molar-refractivity contribution is -0.155. The molecule has 26 heavy (non-hydrogen) atoms. The van der Waals surface area contributed by atoms with Crippen LogP contribution < -0.4 is 5.32 Å². The highest BCUT2D eigenvalue weighted by Crippen LogP contribution is 2.28. The molecule has 1 N–H and O–H groups in total. The van der Waals surface area contributed by atoms with Crippen LogP contribution in [0.5, 0.6) is 0 Å². The molecule has 0 bridgehead atoms. The van der Waals surface area contributed by atoms with Crippen molar-refractivity contribution in [1.29, 1.82) is 0 Å². The van der Waals surface area contributed by atoms with Gasteiger partial charge in [0.1, 0.15) is 6.10 Å². The van der Waals surface area contributed by atoms with Crippen LogP contribution in [0.1, 0.15) is 50.6 Å². The smallest absolute Gasteiger partial charge is 0.308 e. The van der Waals surface area contributed by atoms with E-state index >= 15 is 0 Å². The van der Waals surface area contributed by atoms with Gasteiger partial charge in [0, 0.05) is 18.2 Å². The molecule has 1 aromatic heterocycles. The van der Waals surface area contributed by atoms with Crippen molar-refractivity contribution in [3.8, 4) is 0 Å². The van der Waals surface area contributed by atoms with Crippen molar-refractivity contribution in [2.75, 3.05) is 0 Å². The summed E-state index contributed by atoms with van der Waals surface area (Å²) in [5, 5.41) is 4.78. The first kappa shape index (κ1) is 20.2. The Hall–Kier alpha value is -2.14. The van der Waals surface area contributed by atoms with E-state index < -0.39 is 0 Å². The second-order valence-corrected chi connectivity index (χ2v) is 8.49. The van der Waals surface area contributed by atoms with Crippen LogP contribution in [0, 0.1) is 5.41 Å². The largest absolute Gasteiger partial charge is 0.461 e. The SMILES string of the molecule is CC(=O)N[C@@H](CC(=O)O[C@H](Cc1ccccc1)C(C)(C)C)c1cccs1. The maximum Gasteiger partial charge on any atom is 0.308 e. The highest BCUT2D eigenvalue weighted by atomic mass is 32.1. The quantitative estimate of drug-likeness (QED) is 0.726. The molecule has 0 aliphatic rings. The van der Waals surface area contributed by atoms with Crippen molar-refractivity contribution in [2.45, 2.75) is 52.7 Å². The van der Waals surface area contributed by atoms with Crippen LogP contribution in [0.3, 0.4) is 0 Å². The highest BCUT2D eigenvalue weighted by Gasteiger charge is 2.30. The first-order valence-corrected chi connectivity index (χ1v) is 9.67. The second-order valence-electron chi connectivity index (χ2n) is 7.51. The summed E-state index contributed by atoms with van der Waals surface area (Å²) in [4.78, 5) is 25.1. The molecule has 0 saturated heterocycles. The fraction of sp³-hybridized carbons (Fsp3) is 0.429. The molecule has 0 spiro atoms. The molecule has 1 amide bonds. The normalized spacial score (nSPS) is 13.7. The average Bonchev–Trinajstić information content (AvgIpc) is 3.08. The van der Waals surface area contributed by atoms with Crippen LogP contribution in [-0.2, 0) is 20.7 Å². The van der Waals surface area contributed by atoms with E-state index in [4.69, 9.17) is 4.74 Å². The first-order valence-electron chi connectivity index (χ1n) is 8.79. The highest BCUT2D eigenvalue weighted by molar-refractivity contribution is 7.10. The van der Waals surface area contributed by atoms with Crippen LogP contribution in [0.25, 0.3) is 0 Å². The Morgan fingerprint density at radius 3 is 2.35 bits per heavy atom. The summed E-state index contributed by atoms with van der Waals surface area (Å²) in [5.41, 5.74) is 0.953. The van der Waals surface area contributed by atoms with E-state index in [1.807, 2.05) is 47.8 Å². The second kappa shape index (κ2) is 8.99. The zero-order chi connectivity index (χ0) is 19.2. The van der Waals surface area contributed by atoms with Crippen molar-refractivity contribution in [3.05, 3.63) is 58.3 Å². The van der Waals surface area contributed by atoms with Gasteiger partial charge in [0.05, 0.1) is 12.5 Å². The van der Waals surface area contributed by atoms with E-state index in [1.165, 1.54) is 18.3 Å². The molecule has 2 aromatic rings. The van der Waals surface area contributed by atoms with Gasteiger partial charge in [-0.05, 0) is 22.4 Å². The van der Waals surface area contributed by atoms with Gasteiger partial charge >= 0.3 is 5.97 Å². The minimum atomic E-state index is -0.350. The third-order valence-corrected chi connectivity index (χ3v) is 5.12. The van der Waals surface area contributed by atoms with Crippen molar-refractivity contribution in [2.24, 2.45) is 5.41 Å². The number of nitrogens with one attached hydrogen (secondary N) is 1. The number of hydrogen-bond donors (Lipinski definition) is 1. The Balaban J connectivity index is 2.06. The lowest BCUT2D eigenvalue weighted by Crippen LogP contribution is -2.35. The van der Waals surface area contributed by atoms with Gasteiger partial charge in [0.25, 0.3) is 0 Å². The van der Waals surface area contributed by atoms with E-state index in [9.17, 15) is 9.59 Å². The molecule has 4 nitrogen and oxygen atoms in total. The number of benzene rings is 1. The van der Waals surface area contributed by atoms with E-state index in [1.54, 1.807) is 0 Å². The topological polar surface area (TPSA) is 55.4 Å². The Kier molecular flexibility index (Phi) is 6.98. The lowest BCUT2D eigenvalue weighted by Gasteiger charge is -2.31. The van der Waals surface area contributed by atoms with Crippen molar-refractivity contribution >= 4 is 23.2 Å². The monoisotopic (exact) mass is 373 g/mol. The Bertz CT molecular complexity index is 705. The predicted octanol–water partition coefficient (Wildman–Crippen LogP) is 4.52. The maximum atomic E-state index is 12.6. The summed E-state index contributed by atoms with van der Waals surface area (Å²) in [6.45, 7) is 7.66. The minimum absolute atomic E-state index is 0.126. The standard InChI is InChI=1S/C21H27NO3S/c1-15(23)22-17(18-11-8-12-26-18)14-20(24)25-19(21(2,3)4)13-16-9-6-5-7-10-16/h5-12,17,19H,13-14H2,1-4H3,(H,22,23)/t17-,19+/m0/s1. The molecule has 1 heterocycles. The van der Waals surface area contributed by atoms with Gasteiger partial charge in [-0.25, -0.2) is 0 Å². The molecule has 0 aliphatic carbocycles. The van der Waals surface area contributed by atoms with Crippen molar-refractivity contribution < 1.29 is 14.3 Å². The van der Waals surface area contributed by atoms with Gasteiger partial charge in [-0.2, -0.15) is 0 Å². The molecular formula is C21H27NO3S. The van der Waals surface area contributed by atoms with E-state index in [2.05, 4.69) is 26.1 Å². The van der Waals surface area contributed by atoms with Crippen LogP contribution in [0.15, 0.2) is 47.8 Å². The summed E-state index contributed by atoms with van der Waals surface area (Å²) in [6.07, 6.45) is 0.556. The van der Waals surface area contributed by atoms with Crippen LogP contribution >= 0.6 is 11.3 Å². The van der Waals surface area contributed by atoms with Crippen LogP contribution in [0.4, 0.5) is 0 Å². The molecular weight excluding hydrogens is 346 g/mol. The average molecular weight is 374 g/mol. The van der Waals surface area contributed by atoms with Gasteiger partial charge < -0.3 is 10.1 Å². The van der Waals surface area contributed by atoms with Gasteiger partial charge in [-0.1, -0.05) is 57.2 Å². The molecule has 5 heteroatoms. The van der Waals surface area contributed by atoms with Gasteiger partial charge in [0.15, 0.2) is 0 Å². The number of esters is 1. The number of amides is 1. The molecule has 1 aromatic carbocycles. The van der Waals surface area contributed by atoms with E-state index in [0.29, 0.717) is 6.42 Å². The van der Waals surface area contributed by atoms with Crippen molar-refractivity contribution in [1.82, 2.24) is 5.32 Å². The summed E-state index contributed by atoms with van der Waals surface area (Å²) < 4.78 is 5.84. The third-order valence-electron chi connectivity index (χ3n) is 4.14. The Morgan fingerprint density at radius 2 is 1.81 bits per heavy atom. The summed E-state index contributed by atoms with van der Waals surface area (Å²) >= 11 is 1.52. The van der Waals surface area contributed by atoms with Crippen LogP contribution in [-0.4, -0.2) is 18.0 Å². The molecule has 2 rings (SSSR count). The van der Waals surface area contributed by atoms with Crippen molar-refractivity contribution in [3.63, 3.8) is 0 Å². The number of hydrogen-bond acceptors (Lipinski definition) is 4. The fourth-order valence-electron chi connectivity index (χ4n) is 2.68. The Morgan fingerprint density at radius 1 is 1.12 bits per heavy atom. The van der Waals surface area contributed by atoms with E-state index in [0.717, 1.165) is 10.4 Å². The zero-order valence-corrected chi connectivity index (χ0v) is 16.6. The number of thiophene rings is 1. The minimum Gasteiger partial charge on any atom is -0.461 e. The molecule has 0 unspecified atom stereocenters. The zero-order valence-electron chi connectivity index (χ0n) is 15.8. The van der Waals surface area contributed by atoms with Gasteiger partial charge in [0.2, 0.25) is 5.91 Å². The lowest BCUT2D eigenvalue weighted by atomic mass is 9.85. The summed E-state index contributed by atoms with van der Waals surface area (Å²) in [7, 11) is 0. The molecule has 2 atom stereocenters. The molecule has 0 fully saturated rings. The summed E-state index contributed by atoms with van der Waals surface area (Å²) in [6, 6.07) is 13.5. The van der Waals surface area contributed by atoms with Crippen LogP contribution in [0.2, 0.25) is 0 Å². The molecule has 0 saturated carbocycles.